The van der Waals surface area contributed by atoms with Crippen molar-refractivity contribution in [2.45, 2.75) is 18.9 Å². The lowest BCUT2D eigenvalue weighted by atomic mass is 10.1. The van der Waals surface area contributed by atoms with E-state index in [-0.39, 0.29) is 49.1 Å². The van der Waals surface area contributed by atoms with Gasteiger partial charge in [0.1, 0.15) is 11.9 Å². The molecule has 2 aromatic rings. The molecule has 2 aromatic carbocycles. The number of carbonyl (C=O) groups is 2. The van der Waals surface area contributed by atoms with Crippen molar-refractivity contribution in [3.05, 3.63) is 53.8 Å². The Morgan fingerprint density at radius 2 is 1.91 bits per heavy atom. The van der Waals surface area contributed by atoms with Gasteiger partial charge in [-0.15, -0.1) is 24.8 Å². The average Bonchev–Trinajstić information content (AvgIpc) is 3.17. The van der Waals surface area contributed by atoms with Gasteiger partial charge in [0.25, 0.3) is 0 Å². The fourth-order valence-corrected chi connectivity index (χ4v) is 4.06. The summed E-state index contributed by atoms with van der Waals surface area (Å²) >= 11 is 0. The van der Waals surface area contributed by atoms with Crippen molar-refractivity contribution in [2.75, 3.05) is 54.4 Å². The Hall–Kier alpha value is -2.75. The number of para-hydroxylation sites is 1. The molecule has 11 heteroatoms. The van der Waals surface area contributed by atoms with Crippen LogP contribution >= 0.6 is 24.8 Å². The number of hydrogen-bond acceptors (Lipinski definition) is 6. The first kappa shape index (κ1) is 27.5. The first-order valence-corrected chi connectivity index (χ1v) is 10.8. The quantitative estimate of drug-likeness (QED) is 0.501. The van der Waals surface area contributed by atoms with Crippen molar-refractivity contribution in [3.8, 4) is 0 Å². The molecule has 2 heterocycles. The van der Waals surface area contributed by atoms with Crippen LogP contribution in [0.5, 0.6) is 0 Å². The van der Waals surface area contributed by atoms with Crippen molar-refractivity contribution >= 4 is 53.9 Å². The summed E-state index contributed by atoms with van der Waals surface area (Å²) in [6, 6.07) is 12.5. The molecular formula is C23H30Cl2FN5O3. The number of piperazine rings is 1. The van der Waals surface area contributed by atoms with Gasteiger partial charge in [-0.25, -0.2) is 9.18 Å². The fourth-order valence-electron chi connectivity index (χ4n) is 4.06. The van der Waals surface area contributed by atoms with Crippen LogP contribution < -0.4 is 26.2 Å². The van der Waals surface area contributed by atoms with Gasteiger partial charge < -0.3 is 26.0 Å². The summed E-state index contributed by atoms with van der Waals surface area (Å²) in [6.45, 7) is 3.85. The molecule has 1 atom stereocenters. The summed E-state index contributed by atoms with van der Waals surface area (Å²) in [7, 11) is 0. The molecule has 34 heavy (non-hydrogen) atoms. The van der Waals surface area contributed by atoms with Gasteiger partial charge in [0.05, 0.1) is 24.5 Å². The SMILES string of the molecule is Cl.Cl.NC(=O)CCc1ccccc1NCC1CN(c2ccc(N3CCNCC3)c(F)c2)C(=O)O1. The Balaban J connectivity index is 0.00000204. The Kier molecular flexibility index (Phi) is 10.2. The minimum atomic E-state index is -0.492. The molecule has 186 valence electrons. The van der Waals surface area contributed by atoms with Gasteiger partial charge in [-0.1, -0.05) is 18.2 Å². The number of rotatable bonds is 8. The standard InChI is InChI=1S/C23H28FN5O3.2ClH/c24-19-13-17(6-7-21(19)28-11-9-26-10-12-28)29-15-18(32-23(29)31)14-27-20-4-2-1-3-16(20)5-8-22(25)30;;/h1-4,6-7,13,18,26-27H,5,8-12,14-15H2,(H2,25,30);2*1H. The van der Waals surface area contributed by atoms with Crippen LogP contribution in [0.4, 0.5) is 26.2 Å². The van der Waals surface area contributed by atoms with Crippen LogP contribution in [0.2, 0.25) is 0 Å². The van der Waals surface area contributed by atoms with Crippen molar-refractivity contribution < 1.29 is 18.7 Å². The van der Waals surface area contributed by atoms with Gasteiger partial charge in [0.15, 0.2) is 0 Å². The molecule has 0 aliphatic carbocycles. The van der Waals surface area contributed by atoms with Crippen LogP contribution in [0.3, 0.4) is 0 Å². The van der Waals surface area contributed by atoms with Gasteiger partial charge in [-0.2, -0.15) is 0 Å². The van der Waals surface area contributed by atoms with E-state index in [1.165, 1.54) is 11.0 Å². The van der Waals surface area contributed by atoms with Crippen LogP contribution in [-0.4, -0.2) is 57.4 Å². The smallest absolute Gasteiger partial charge is 0.414 e. The molecule has 2 saturated heterocycles. The molecule has 2 aliphatic rings. The molecule has 2 amide bonds. The number of hydrogen-bond donors (Lipinski definition) is 3. The predicted octanol–water partition coefficient (Wildman–Crippen LogP) is 2.93. The molecule has 0 saturated carbocycles. The first-order valence-electron chi connectivity index (χ1n) is 10.8. The highest BCUT2D eigenvalue weighted by atomic mass is 35.5. The van der Waals surface area contributed by atoms with Gasteiger partial charge in [0, 0.05) is 38.3 Å². The average molecular weight is 514 g/mol. The molecule has 0 bridgehead atoms. The van der Waals surface area contributed by atoms with Crippen molar-refractivity contribution in [2.24, 2.45) is 5.73 Å². The molecule has 4 rings (SSSR count). The number of anilines is 3. The zero-order valence-corrected chi connectivity index (χ0v) is 20.3. The lowest BCUT2D eigenvalue weighted by molar-refractivity contribution is -0.117. The maximum absolute atomic E-state index is 14.8. The maximum atomic E-state index is 14.8. The minimum Gasteiger partial charge on any atom is -0.442 e. The molecule has 0 spiro atoms. The van der Waals surface area contributed by atoms with Gasteiger partial charge >= 0.3 is 6.09 Å². The number of cyclic esters (lactones) is 1. The number of benzene rings is 2. The minimum absolute atomic E-state index is 0. The van der Waals surface area contributed by atoms with E-state index < -0.39 is 6.09 Å². The highest BCUT2D eigenvalue weighted by Gasteiger charge is 2.33. The van der Waals surface area contributed by atoms with Crippen LogP contribution in [-0.2, 0) is 16.0 Å². The maximum Gasteiger partial charge on any atom is 0.414 e. The molecule has 0 radical (unpaired) electrons. The number of primary amides is 1. The Morgan fingerprint density at radius 1 is 1.18 bits per heavy atom. The normalized spacial score (nSPS) is 17.4. The van der Waals surface area contributed by atoms with E-state index >= 15 is 0 Å². The molecule has 2 fully saturated rings. The van der Waals surface area contributed by atoms with Crippen molar-refractivity contribution in [3.63, 3.8) is 0 Å². The summed E-state index contributed by atoms with van der Waals surface area (Å²) in [4.78, 5) is 27.0. The zero-order valence-electron chi connectivity index (χ0n) is 18.7. The highest BCUT2D eigenvalue weighted by Crippen LogP contribution is 2.28. The third-order valence-electron chi connectivity index (χ3n) is 5.75. The molecular weight excluding hydrogens is 484 g/mol. The van der Waals surface area contributed by atoms with Gasteiger partial charge in [0.2, 0.25) is 5.91 Å². The molecule has 2 aliphatic heterocycles. The largest absolute Gasteiger partial charge is 0.442 e. The number of nitrogens with two attached hydrogens (primary N) is 1. The second-order valence-electron chi connectivity index (χ2n) is 7.99. The van der Waals surface area contributed by atoms with E-state index in [0.717, 1.165) is 37.4 Å². The van der Waals surface area contributed by atoms with Crippen LogP contribution in [0.1, 0.15) is 12.0 Å². The number of nitrogens with zero attached hydrogens (tertiary/aromatic N) is 2. The Morgan fingerprint density at radius 3 is 2.62 bits per heavy atom. The number of ether oxygens (including phenoxy) is 1. The summed E-state index contributed by atoms with van der Waals surface area (Å²) < 4.78 is 20.3. The molecule has 8 nitrogen and oxygen atoms in total. The number of amides is 2. The van der Waals surface area contributed by atoms with E-state index in [0.29, 0.717) is 30.9 Å². The van der Waals surface area contributed by atoms with E-state index in [9.17, 15) is 14.0 Å². The Bertz CT molecular complexity index is 991. The van der Waals surface area contributed by atoms with Crippen LogP contribution in [0.15, 0.2) is 42.5 Å². The topological polar surface area (TPSA) is 99.9 Å². The first-order chi connectivity index (χ1) is 15.5. The van der Waals surface area contributed by atoms with Gasteiger partial charge in [-0.3, -0.25) is 9.69 Å². The zero-order chi connectivity index (χ0) is 22.5. The fraction of sp³-hybridized carbons (Fsp3) is 0.391. The van der Waals surface area contributed by atoms with E-state index in [1.54, 1.807) is 12.1 Å². The summed E-state index contributed by atoms with van der Waals surface area (Å²) in [6.07, 6.45) is -0.0792. The predicted molar refractivity (Wildman–Crippen MR) is 136 cm³/mol. The summed E-state index contributed by atoms with van der Waals surface area (Å²) in [5.74, 6) is -0.697. The highest BCUT2D eigenvalue weighted by molar-refractivity contribution is 5.90. The van der Waals surface area contributed by atoms with E-state index in [1.807, 2.05) is 29.2 Å². The molecule has 1 unspecified atom stereocenters. The summed E-state index contributed by atoms with van der Waals surface area (Å²) in [5.41, 5.74) is 8.13. The second-order valence-corrected chi connectivity index (χ2v) is 7.99. The van der Waals surface area contributed by atoms with E-state index in [2.05, 4.69) is 10.6 Å². The van der Waals surface area contributed by atoms with Crippen molar-refractivity contribution in [1.82, 2.24) is 5.32 Å². The van der Waals surface area contributed by atoms with Crippen LogP contribution in [0, 0.1) is 5.82 Å². The van der Waals surface area contributed by atoms with Crippen LogP contribution in [0.25, 0.3) is 0 Å². The van der Waals surface area contributed by atoms with E-state index in [4.69, 9.17) is 10.5 Å². The third kappa shape index (κ3) is 6.65. The van der Waals surface area contributed by atoms with Gasteiger partial charge in [-0.05, 0) is 36.2 Å². The number of nitrogens with one attached hydrogen (secondary N) is 2. The lowest BCUT2D eigenvalue weighted by Crippen LogP contribution is -2.43. The number of halogens is 3. The third-order valence-corrected chi connectivity index (χ3v) is 5.75. The number of aryl methyl sites for hydroxylation is 1. The van der Waals surface area contributed by atoms with Crippen molar-refractivity contribution in [1.29, 1.82) is 0 Å². The monoisotopic (exact) mass is 513 g/mol. The lowest BCUT2D eigenvalue weighted by Gasteiger charge is -2.30. The molecule has 4 N–H and O–H groups in total. The summed E-state index contributed by atoms with van der Waals surface area (Å²) in [5, 5.41) is 6.54. The Labute approximate surface area is 210 Å². The molecule has 0 aromatic heterocycles. The number of carbonyl (C=O) groups excluding carboxylic acids is 2. The second kappa shape index (κ2) is 12.6.